The summed E-state index contributed by atoms with van der Waals surface area (Å²) in [5.41, 5.74) is 5.16. The normalized spacial score (nSPS) is 12.2. The maximum absolute atomic E-state index is 12.8. The highest BCUT2D eigenvalue weighted by atomic mass is 19.1. The molecule has 0 radical (unpaired) electrons. The molecule has 1 rings (SSSR count). The summed E-state index contributed by atoms with van der Waals surface area (Å²) < 4.78 is 30.7. The van der Waals surface area contributed by atoms with Crippen LogP contribution in [0.4, 0.5) is 8.78 Å². The Hall–Kier alpha value is -1.65. The van der Waals surface area contributed by atoms with E-state index < -0.39 is 11.6 Å². The summed E-state index contributed by atoms with van der Waals surface area (Å²) in [7, 11) is 0. The number of hydrogen-bond acceptors (Lipinski definition) is 2. The molecule has 0 bridgehead atoms. The van der Waals surface area contributed by atoms with Gasteiger partial charge in [0.1, 0.15) is 23.5 Å². The predicted molar refractivity (Wildman–Crippen MR) is 53.0 cm³/mol. The van der Waals surface area contributed by atoms with Crippen LogP contribution in [0, 0.1) is 17.0 Å². The first-order chi connectivity index (χ1) is 6.97. The summed E-state index contributed by atoms with van der Waals surface area (Å²) in [6.07, 6.45) is -0.165. The molecule has 3 nitrogen and oxygen atoms in total. The Kier molecular flexibility index (Phi) is 3.60. The minimum Gasteiger partial charge on any atom is -0.490 e. The number of rotatable bonds is 4. The number of nitrogens with two attached hydrogens (primary N) is 1. The third-order valence-electron chi connectivity index (χ3n) is 1.68. The van der Waals surface area contributed by atoms with E-state index >= 15 is 0 Å². The number of ether oxygens (including phenoxy) is 1. The molecule has 0 saturated carbocycles. The van der Waals surface area contributed by atoms with Crippen molar-refractivity contribution in [3.63, 3.8) is 0 Å². The van der Waals surface area contributed by atoms with Gasteiger partial charge in [0, 0.05) is 24.6 Å². The van der Waals surface area contributed by atoms with Crippen LogP contribution >= 0.6 is 0 Å². The predicted octanol–water partition coefficient (Wildman–Crippen LogP) is 2.06. The number of nitrogens with one attached hydrogen (secondary N) is 1. The minimum absolute atomic E-state index is 0.0284. The zero-order valence-corrected chi connectivity index (χ0v) is 8.26. The van der Waals surface area contributed by atoms with E-state index in [1.165, 1.54) is 0 Å². The van der Waals surface area contributed by atoms with Crippen molar-refractivity contribution in [3.8, 4) is 5.75 Å². The van der Waals surface area contributed by atoms with Crippen LogP contribution in [-0.2, 0) is 0 Å². The topological polar surface area (TPSA) is 59.1 Å². The zero-order valence-electron chi connectivity index (χ0n) is 8.26. The van der Waals surface area contributed by atoms with Gasteiger partial charge in [0.05, 0.1) is 5.84 Å². The van der Waals surface area contributed by atoms with Crippen molar-refractivity contribution < 1.29 is 13.5 Å². The molecule has 1 unspecified atom stereocenters. The number of hydrogen-bond donors (Lipinski definition) is 2. The molecule has 0 spiro atoms. The number of halogens is 2. The maximum Gasteiger partial charge on any atom is 0.129 e. The Balaban J connectivity index is 2.67. The maximum atomic E-state index is 12.8. The van der Waals surface area contributed by atoms with Crippen LogP contribution in [0.3, 0.4) is 0 Å². The molecular weight excluding hydrogens is 202 g/mol. The lowest BCUT2D eigenvalue weighted by Gasteiger charge is -2.13. The quantitative estimate of drug-likeness (QED) is 0.595. The van der Waals surface area contributed by atoms with Crippen LogP contribution in [0.1, 0.15) is 13.3 Å². The molecule has 0 aliphatic heterocycles. The van der Waals surface area contributed by atoms with E-state index in [0.29, 0.717) is 0 Å². The van der Waals surface area contributed by atoms with Crippen molar-refractivity contribution in [1.82, 2.24) is 0 Å². The number of amidine groups is 1. The summed E-state index contributed by atoms with van der Waals surface area (Å²) in [5.74, 6) is -1.32. The zero-order chi connectivity index (χ0) is 11.4. The van der Waals surface area contributed by atoms with Gasteiger partial charge in [0.15, 0.2) is 0 Å². The van der Waals surface area contributed by atoms with E-state index in [0.717, 1.165) is 18.2 Å². The van der Waals surface area contributed by atoms with Gasteiger partial charge >= 0.3 is 0 Å². The second kappa shape index (κ2) is 4.72. The molecule has 0 fully saturated rings. The lowest BCUT2D eigenvalue weighted by molar-refractivity contribution is 0.227. The fourth-order valence-corrected chi connectivity index (χ4v) is 1.18. The van der Waals surface area contributed by atoms with Gasteiger partial charge in [-0.15, -0.1) is 0 Å². The molecular formula is C10H12F2N2O. The summed E-state index contributed by atoms with van der Waals surface area (Å²) in [4.78, 5) is 0. The van der Waals surface area contributed by atoms with Crippen LogP contribution in [0.5, 0.6) is 5.75 Å². The van der Waals surface area contributed by atoms with Crippen LogP contribution in [0.15, 0.2) is 18.2 Å². The molecule has 1 aromatic rings. The van der Waals surface area contributed by atoms with Gasteiger partial charge in [-0.3, -0.25) is 5.41 Å². The fraction of sp³-hybridized carbons (Fsp3) is 0.300. The molecule has 3 N–H and O–H groups in total. The van der Waals surface area contributed by atoms with E-state index in [-0.39, 0.29) is 24.1 Å². The van der Waals surface area contributed by atoms with Crippen molar-refractivity contribution in [2.24, 2.45) is 5.73 Å². The van der Waals surface area contributed by atoms with Gasteiger partial charge in [0.2, 0.25) is 0 Å². The molecule has 0 aliphatic carbocycles. The van der Waals surface area contributed by atoms with E-state index in [2.05, 4.69) is 0 Å². The van der Waals surface area contributed by atoms with Crippen molar-refractivity contribution in [3.05, 3.63) is 29.8 Å². The highest BCUT2D eigenvalue weighted by molar-refractivity contribution is 5.77. The van der Waals surface area contributed by atoms with Gasteiger partial charge in [-0.05, 0) is 6.92 Å². The SMILES string of the molecule is CC(CC(=N)N)Oc1cc(F)cc(F)c1. The first-order valence-electron chi connectivity index (χ1n) is 4.43. The van der Waals surface area contributed by atoms with E-state index in [9.17, 15) is 8.78 Å². The lowest BCUT2D eigenvalue weighted by atomic mass is 10.2. The Morgan fingerprint density at radius 3 is 2.40 bits per heavy atom. The fourth-order valence-electron chi connectivity index (χ4n) is 1.18. The number of benzene rings is 1. The van der Waals surface area contributed by atoms with Crippen LogP contribution in [0.25, 0.3) is 0 Å². The van der Waals surface area contributed by atoms with Crippen molar-refractivity contribution in [2.75, 3.05) is 0 Å². The third kappa shape index (κ3) is 3.93. The Bertz CT molecular complexity index is 348. The smallest absolute Gasteiger partial charge is 0.129 e. The largest absolute Gasteiger partial charge is 0.490 e. The average molecular weight is 214 g/mol. The Morgan fingerprint density at radius 1 is 1.40 bits per heavy atom. The van der Waals surface area contributed by atoms with Crippen LogP contribution < -0.4 is 10.5 Å². The molecule has 5 heteroatoms. The molecule has 0 heterocycles. The second-order valence-corrected chi connectivity index (χ2v) is 3.26. The van der Waals surface area contributed by atoms with Crippen molar-refractivity contribution >= 4 is 5.84 Å². The molecule has 0 aromatic heterocycles. The molecule has 15 heavy (non-hydrogen) atoms. The van der Waals surface area contributed by atoms with E-state index in [1.54, 1.807) is 6.92 Å². The summed E-state index contributed by atoms with van der Waals surface area (Å²) in [6, 6.07) is 2.93. The second-order valence-electron chi connectivity index (χ2n) is 3.26. The molecule has 82 valence electrons. The van der Waals surface area contributed by atoms with Gasteiger partial charge in [-0.1, -0.05) is 0 Å². The van der Waals surface area contributed by atoms with E-state index in [4.69, 9.17) is 15.9 Å². The average Bonchev–Trinajstić information content (AvgIpc) is 1.98. The Labute approximate surface area is 86.4 Å². The summed E-state index contributed by atoms with van der Waals surface area (Å²) in [5, 5.41) is 7.02. The molecule has 0 aliphatic rings. The minimum atomic E-state index is -0.694. The molecule has 0 saturated heterocycles. The standard InChI is InChI=1S/C10H12F2N2O/c1-6(2-10(13)14)15-9-4-7(11)3-8(12)5-9/h3-6H,2H2,1H3,(H3,13,14). The third-order valence-corrected chi connectivity index (χ3v) is 1.68. The first kappa shape index (κ1) is 11.4. The Morgan fingerprint density at radius 2 is 1.93 bits per heavy atom. The summed E-state index contributed by atoms with van der Waals surface area (Å²) in [6.45, 7) is 1.67. The van der Waals surface area contributed by atoms with Crippen LogP contribution in [-0.4, -0.2) is 11.9 Å². The monoisotopic (exact) mass is 214 g/mol. The summed E-state index contributed by atoms with van der Waals surface area (Å²) >= 11 is 0. The first-order valence-corrected chi connectivity index (χ1v) is 4.43. The van der Waals surface area contributed by atoms with Gasteiger partial charge in [-0.2, -0.15) is 0 Å². The highest BCUT2D eigenvalue weighted by Crippen LogP contribution is 2.17. The molecule has 1 atom stereocenters. The molecule has 0 amide bonds. The van der Waals surface area contributed by atoms with Gasteiger partial charge < -0.3 is 10.5 Å². The van der Waals surface area contributed by atoms with Crippen LogP contribution in [0.2, 0.25) is 0 Å². The van der Waals surface area contributed by atoms with Crippen molar-refractivity contribution in [1.29, 1.82) is 5.41 Å². The molecule has 1 aromatic carbocycles. The van der Waals surface area contributed by atoms with Crippen molar-refractivity contribution in [2.45, 2.75) is 19.4 Å². The highest BCUT2D eigenvalue weighted by Gasteiger charge is 2.07. The van der Waals surface area contributed by atoms with E-state index in [1.807, 2.05) is 0 Å². The van der Waals surface area contributed by atoms with Gasteiger partial charge in [0.25, 0.3) is 0 Å². The lowest BCUT2D eigenvalue weighted by Crippen LogP contribution is -2.21. The van der Waals surface area contributed by atoms with Gasteiger partial charge in [-0.25, -0.2) is 8.78 Å².